The van der Waals surface area contributed by atoms with Gasteiger partial charge >= 0.3 is 6.09 Å². The van der Waals surface area contributed by atoms with Crippen LogP contribution in [0.5, 0.6) is 5.75 Å². The van der Waals surface area contributed by atoms with Crippen LogP contribution in [0, 0.1) is 0 Å². The van der Waals surface area contributed by atoms with Crippen molar-refractivity contribution in [2.24, 2.45) is 0 Å². The highest BCUT2D eigenvalue weighted by Gasteiger charge is 2.17. The van der Waals surface area contributed by atoms with Crippen molar-refractivity contribution in [2.75, 3.05) is 13.2 Å². The van der Waals surface area contributed by atoms with E-state index in [1.54, 1.807) is 20.8 Å². The number of aliphatic hydroxyl groups excluding tert-OH is 1. The van der Waals surface area contributed by atoms with E-state index in [4.69, 9.17) is 9.47 Å². The van der Waals surface area contributed by atoms with Crippen LogP contribution in [0.15, 0.2) is 24.3 Å². The summed E-state index contributed by atoms with van der Waals surface area (Å²) < 4.78 is 10.6. The molecule has 23 heavy (non-hydrogen) atoms. The SMILES string of the molecule is CC(C)(C)OC(=O)NC[C@@H](O)COc1ccc(C(C)(C)C)cc1. The van der Waals surface area contributed by atoms with Gasteiger partial charge in [0.15, 0.2) is 0 Å². The van der Waals surface area contributed by atoms with E-state index in [0.717, 1.165) is 0 Å². The lowest BCUT2D eigenvalue weighted by molar-refractivity contribution is 0.0463. The van der Waals surface area contributed by atoms with Gasteiger partial charge in [-0.05, 0) is 43.9 Å². The normalized spacial score (nSPS) is 13.3. The Balaban J connectivity index is 2.36. The molecule has 2 N–H and O–H groups in total. The maximum Gasteiger partial charge on any atom is 0.407 e. The zero-order valence-electron chi connectivity index (χ0n) is 15.0. The molecule has 0 aromatic heterocycles. The molecule has 0 saturated carbocycles. The van der Waals surface area contributed by atoms with Crippen molar-refractivity contribution >= 4 is 6.09 Å². The summed E-state index contributed by atoms with van der Waals surface area (Å²) in [5.74, 6) is 0.689. The number of hydrogen-bond acceptors (Lipinski definition) is 4. The third-order valence-corrected chi connectivity index (χ3v) is 3.04. The molecular weight excluding hydrogens is 294 g/mol. The molecule has 5 heteroatoms. The van der Waals surface area contributed by atoms with Gasteiger partial charge in [-0.3, -0.25) is 0 Å². The average molecular weight is 323 g/mol. The first-order valence-electron chi connectivity index (χ1n) is 7.85. The third kappa shape index (κ3) is 7.88. The molecule has 0 bridgehead atoms. The summed E-state index contributed by atoms with van der Waals surface area (Å²) in [7, 11) is 0. The summed E-state index contributed by atoms with van der Waals surface area (Å²) >= 11 is 0. The summed E-state index contributed by atoms with van der Waals surface area (Å²) in [6, 6.07) is 7.80. The number of carbonyl (C=O) groups is 1. The van der Waals surface area contributed by atoms with Crippen molar-refractivity contribution in [1.82, 2.24) is 5.32 Å². The summed E-state index contributed by atoms with van der Waals surface area (Å²) in [6.45, 7) is 12.0. The van der Waals surface area contributed by atoms with Crippen molar-refractivity contribution in [3.05, 3.63) is 29.8 Å². The lowest BCUT2D eigenvalue weighted by Crippen LogP contribution is -2.38. The zero-order chi connectivity index (χ0) is 17.7. The van der Waals surface area contributed by atoms with Crippen LogP contribution >= 0.6 is 0 Å². The Morgan fingerprint density at radius 1 is 1.13 bits per heavy atom. The average Bonchev–Trinajstić information content (AvgIpc) is 2.40. The van der Waals surface area contributed by atoms with Crippen LogP contribution in [0.4, 0.5) is 4.79 Å². The van der Waals surface area contributed by atoms with Gasteiger partial charge in [0.1, 0.15) is 24.1 Å². The molecule has 0 saturated heterocycles. The lowest BCUT2D eigenvalue weighted by atomic mass is 9.87. The minimum Gasteiger partial charge on any atom is -0.491 e. The zero-order valence-corrected chi connectivity index (χ0v) is 15.0. The van der Waals surface area contributed by atoms with E-state index in [-0.39, 0.29) is 18.6 Å². The van der Waals surface area contributed by atoms with Gasteiger partial charge in [0.2, 0.25) is 0 Å². The summed E-state index contributed by atoms with van der Waals surface area (Å²) in [4.78, 5) is 11.5. The van der Waals surface area contributed by atoms with Crippen LogP contribution in [-0.4, -0.2) is 36.1 Å². The van der Waals surface area contributed by atoms with Gasteiger partial charge in [-0.1, -0.05) is 32.9 Å². The molecule has 1 rings (SSSR count). The maximum absolute atomic E-state index is 11.5. The van der Waals surface area contributed by atoms with Crippen LogP contribution in [0.2, 0.25) is 0 Å². The topological polar surface area (TPSA) is 67.8 Å². The van der Waals surface area contributed by atoms with Gasteiger partial charge in [0.05, 0.1) is 6.54 Å². The number of rotatable bonds is 5. The Bertz CT molecular complexity index is 497. The molecule has 1 aromatic rings. The standard InChI is InChI=1S/C18H29NO4/c1-17(2,3)13-7-9-15(10-8-13)22-12-14(20)11-19-16(21)23-18(4,5)6/h7-10,14,20H,11-12H2,1-6H3,(H,19,21)/t14-/m1/s1. The minimum absolute atomic E-state index is 0.0784. The number of amides is 1. The molecule has 0 aliphatic heterocycles. The molecule has 0 heterocycles. The first-order chi connectivity index (χ1) is 10.5. The van der Waals surface area contributed by atoms with Gasteiger partial charge in [-0.15, -0.1) is 0 Å². The molecule has 1 aromatic carbocycles. The van der Waals surface area contributed by atoms with Crippen LogP contribution in [-0.2, 0) is 10.2 Å². The van der Waals surface area contributed by atoms with E-state index in [2.05, 4.69) is 26.1 Å². The third-order valence-electron chi connectivity index (χ3n) is 3.04. The van der Waals surface area contributed by atoms with E-state index in [0.29, 0.717) is 5.75 Å². The number of hydrogen-bond donors (Lipinski definition) is 2. The summed E-state index contributed by atoms with van der Waals surface area (Å²) in [6.07, 6.45) is -1.35. The number of nitrogens with one attached hydrogen (secondary N) is 1. The first kappa shape index (κ1) is 19.3. The van der Waals surface area contributed by atoms with Crippen LogP contribution in [0.25, 0.3) is 0 Å². The monoisotopic (exact) mass is 323 g/mol. The summed E-state index contributed by atoms with van der Waals surface area (Å²) in [5, 5.41) is 12.4. The van der Waals surface area contributed by atoms with Crippen LogP contribution < -0.4 is 10.1 Å². The second-order valence-corrected chi connectivity index (χ2v) is 7.62. The Morgan fingerprint density at radius 2 is 1.70 bits per heavy atom. The Labute approximate surface area is 139 Å². The highest BCUT2D eigenvalue weighted by molar-refractivity contribution is 5.67. The van der Waals surface area contributed by atoms with E-state index >= 15 is 0 Å². The Hall–Kier alpha value is -1.75. The quantitative estimate of drug-likeness (QED) is 0.873. The van der Waals surface area contributed by atoms with E-state index in [1.807, 2.05) is 24.3 Å². The predicted octanol–water partition coefficient (Wildman–Crippen LogP) is 3.25. The van der Waals surface area contributed by atoms with E-state index < -0.39 is 17.8 Å². The molecule has 1 atom stereocenters. The number of alkyl carbamates (subject to hydrolysis) is 1. The first-order valence-corrected chi connectivity index (χ1v) is 7.85. The van der Waals surface area contributed by atoms with E-state index in [9.17, 15) is 9.90 Å². The van der Waals surface area contributed by atoms with Gasteiger partial charge < -0.3 is 19.9 Å². The van der Waals surface area contributed by atoms with Gasteiger partial charge in [0, 0.05) is 0 Å². The molecule has 0 fully saturated rings. The van der Waals surface area contributed by atoms with Crippen LogP contribution in [0.3, 0.4) is 0 Å². The highest BCUT2D eigenvalue weighted by atomic mass is 16.6. The van der Waals surface area contributed by atoms with Crippen molar-refractivity contribution in [3.8, 4) is 5.75 Å². The molecule has 130 valence electrons. The number of aliphatic hydroxyl groups is 1. The Morgan fingerprint density at radius 3 is 2.17 bits per heavy atom. The molecule has 0 aliphatic carbocycles. The number of ether oxygens (including phenoxy) is 2. The molecular formula is C18H29NO4. The second kappa shape index (κ2) is 7.68. The second-order valence-electron chi connectivity index (χ2n) is 7.62. The minimum atomic E-state index is -0.801. The van der Waals surface area contributed by atoms with E-state index in [1.165, 1.54) is 5.56 Å². The van der Waals surface area contributed by atoms with Gasteiger partial charge in [-0.25, -0.2) is 4.79 Å². The van der Waals surface area contributed by atoms with Crippen molar-refractivity contribution in [1.29, 1.82) is 0 Å². The summed E-state index contributed by atoms with van der Waals surface area (Å²) in [5.41, 5.74) is 0.757. The fourth-order valence-corrected chi connectivity index (χ4v) is 1.82. The molecule has 0 unspecified atom stereocenters. The molecule has 0 aliphatic rings. The smallest absolute Gasteiger partial charge is 0.407 e. The fourth-order valence-electron chi connectivity index (χ4n) is 1.82. The van der Waals surface area contributed by atoms with Gasteiger partial charge in [0.25, 0.3) is 0 Å². The van der Waals surface area contributed by atoms with Crippen molar-refractivity contribution in [3.63, 3.8) is 0 Å². The lowest BCUT2D eigenvalue weighted by Gasteiger charge is -2.21. The number of benzene rings is 1. The van der Waals surface area contributed by atoms with Crippen molar-refractivity contribution in [2.45, 2.75) is 58.7 Å². The van der Waals surface area contributed by atoms with Crippen LogP contribution in [0.1, 0.15) is 47.1 Å². The Kier molecular flexibility index (Phi) is 6.45. The largest absolute Gasteiger partial charge is 0.491 e. The molecule has 0 spiro atoms. The predicted molar refractivity (Wildman–Crippen MR) is 90.9 cm³/mol. The highest BCUT2D eigenvalue weighted by Crippen LogP contribution is 2.24. The van der Waals surface area contributed by atoms with Crippen molar-refractivity contribution < 1.29 is 19.4 Å². The molecule has 0 radical (unpaired) electrons. The number of carbonyl (C=O) groups excluding carboxylic acids is 1. The van der Waals surface area contributed by atoms with Gasteiger partial charge in [-0.2, -0.15) is 0 Å². The maximum atomic E-state index is 11.5. The fraction of sp³-hybridized carbons (Fsp3) is 0.611. The molecule has 1 amide bonds. The molecule has 5 nitrogen and oxygen atoms in total.